The predicted octanol–water partition coefficient (Wildman–Crippen LogP) is 0.877. The molecule has 0 amide bonds. The molecule has 1 rings (SSSR count). The molecule has 1 aromatic carbocycles. The number of rotatable bonds is 7. The van der Waals surface area contributed by atoms with Gasteiger partial charge in [-0.3, -0.25) is 14.9 Å². The van der Waals surface area contributed by atoms with Crippen molar-refractivity contribution in [2.75, 3.05) is 0 Å². The predicted molar refractivity (Wildman–Crippen MR) is 70.6 cm³/mol. The molecule has 1 aromatic rings. The number of benzene rings is 1. The fraction of sp³-hybridized carbons (Fsp3) is 0.364. The molecular weight excluding hydrogens is 288 g/mol. The third kappa shape index (κ3) is 4.59. The molecule has 1 atom stereocenters. The molecular formula is C11H14N2O6S. The maximum atomic E-state index is 11.8. The van der Waals surface area contributed by atoms with E-state index < -0.39 is 32.7 Å². The quantitative estimate of drug-likeness (QED) is 0.568. The summed E-state index contributed by atoms with van der Waals surface area (Å²) in [5.41, 5.74) is 0.194. The summed E-state index contributed by atoms with van der Waals surface area (Å²) >= 11 is 0. The van der Waals surface area contributed by atoms with Gasteiger partial charge in [0.1, 0.15) is 6.04 Å². The molecule has 0 unspecified atom stereocenters. The van der Waals surface area contributed by atoms with Gasteiger partial charge in [-0.05, 0) is 12.0 Å². The van der Waals surface area contributed by atoms with Crippen molar-refractivity contribution >= 4 is 21.7 Å². The minimum atomic E-state index is -3.82. The molecule has 8 nitrogen and oxygen atoms in total. The highest BCUT2D eigenvalue weighted by Crippen LogP contribution is 2.14. The Kier molecular flexibility index (Phi) is 5.17. The largest absolute Gasteiger partial charge is 0.480 e. The first-order valence-corrected chi connectivity index (χ1v) is 7.36. The molecule has 110 valence electrons. The number of aliphatic carboxylic acids is 1. The van der Waals surface area contributed by atoms with Gasteiger partial charge in [-0.25, -0.2) is 13.1 Å². The Balaban J connectivity index is 2.80. The molecule has 0 aliphatic heterocycles. The van der Waals surface area contributed by atoms with E-state index in [9.17, 15) is 23.3 Å². The van der Waals surface area contributed by atoms with Crippen molar-refractivity contribution in [3.63, 3.8) is 0 Å². The smallest absolute Gasteiger partial charge is 0.321 e. The number of non-ortho nitro benzene ring substituents is 1. The number of sulfonamides is 1. The van der Waals surface area contributed by atoms with Gasteiger partial charge in [-0.2, -0.15) is 0 Å². The zero-order valence-electron chi connectivity index (χ0n) is 10.6. The van der Waals surface area contributed by atoms with E-state index in [-0.39, 0.29) is 12.1 Å². The average Bonchev–Trinajstić information content (AvgIpc) is 2.35. The van der Waals surface area contributed by atoms with E-state index in [2.05, 4.69) is 4.72 Å². The molecule has 20 heavy (non-hydrogen) atoms. The molecule has 0 aromatic heterocycles. The second kappa shape index (κ2) is 6.44. The molecule has 0 saturated heterocycles. The van der Waals surface area contributed by atoms with E-state index in [1.165, 1.54) is 24.3 Å². The van der Waals surface area contributed by atoms with Crippen LogP contribution in [0.2, 0.25) is 0 Å². The molecule has 0 heterocycles. The number of carboxylic acids is 1. The van der Waals surface area contributed by atoms with Crippen LogP contribution in [0, 0.1) is 10.1 Å². The zero-order valence-corrected chi connectivity index (χ0v) is 11.5. The summed E-state index contributed by atoms with van der Waals surface area (Å²) in [6.45, 7) is 1.55. The second-order valence-corrected chi connectivity index (χ2v) is 5.85. The first-order chi connectivity index (χ1) is 9.25. The summed E-state index contributed by atoms with van der Waals surface area (Å²) in [4.78, 5) is 20.7. The van der Waals surface area contributed by atoms with Crippen LogP contribution in [0.4, 0.5) is 5.69 Å². The number of hydrogen-bond donors (Lipinski definition) is 2. The number of nitrogens with zero attached hydrogens (tertiary/aromatic N) is 1. The fourth-order valence-corrected chi connectivity index (χ4v) is 2.92. The summed E-state index contributed by atoms with van der Waals surface area (Å²) < 4.78 is 25.6. The van der Waals surface area contributed by atoms with E-state index in [0.29, 0.717) is 5.56 Å². The molecule has 0 spiro atoms. The lowest BCUT2D eigenvalue weighted by Crippen LogP contribution is -2.40. The third-order valence-corrected chi connectivity index (χ3v) is 3.89. The summed E-state index contributed by atoms with van der Waals surface area (Å²) in [5.74, 6) is -1.69. The van der Waals surface area contributed by atoms with Crippen LogP contribution in [-0.4, -0.2) is 30.5 Å². The lowest BCUT2D eigenvalue weighted by atomic mass is 10.2. The lowest BCUT2D eigenvalue weighted by molar-refractivity contribution is -0.384. The summed E-state index contributed by atoms with van der Waals surface area (Å²) in [5, 5.41) is 19.3. The van der Waals surface area contributed by atoms with Gasteiger partial charge in [0, 0.05) is 12.1 Å². The van der Waals surface area contributed by atoms with Crippen molar-refractivity contribution in [1.29, 1.82) is 0 Å². The van der Waals surface area contributed by atoms with Gasteiger partial charge in [0.25, 0.3) is 5.69 Å². The molecule has 0 aliphatic rings. The van der Waals surface area contributed by atoms with E-state index in [1.54, 1.807) is 6.92 Å². The second-order valence-electron chi connectivity index (χ2n) is 4.10. The third-order valence-electron chi connectivity index (χ3n) is 2.53. The normalized spacial score (nSPS) is 12.8. The topological polar surface area (TPSA) is 127 Å². The van der Waals surface area contributed by atoms with Gasteiger partial charge >= 0.3 is 5.97 Å². The highest BCUT2D eigenvalue weighted by molar-refractivity contribution is 7.88. The Morgan fingerprint density at radius 3 is 2.35 bits per heavy atom. The summed E-state index contributed by atoms with van der Waals surface area (Å²) in [7, 11) is -3.82. The van der Waals surface area contributed by atoms with Gasteiger partial charge in [0.05, 0.1) is 10.7 Å². The number of nitro groups is 1. The molecule has 9 heteroatoms. The molecule has 0 saturated carbocycles. The van der Waals surface area contributed by atoms with Crippen molar-refractivity contribution < 1.29 is 23.2 Å². The van der Waals surface area contributed by atoms with Crippen LogP contribution in [0.15, 0.2) is 24.3 Å². The van der Waals surface area contributed by atoms with E-state index >= 15 is 0 Å². The Hall–Kier alpha value is -2.00. The molecule has 0 aliphatic carbocycles. The van der Waals surface area contributed by atoms with Gasteiger partial charge in [0.15, 0.2) is 0 Å². The van der Waals surface area contributed by atoms with Crippen molar-refractivity contribution in [3.8, 4) is 0 Å². The van der Waals surface area contributed by atoms with Crippen molar-refractivity contribution in [2.24, 2.45) is 0 Å². The molecule has 2 N–H and O–H groups in total. The Morgan fingerprint density at radius 1 is 1.40 bits per heavy atom. The minimum absolute atomic E-state index is 0.120. The lowest BCUT2D eigenvalue weighted by Gasteiger charge is -2.12. The highest BCUT2D eigenvalue weighted by atomic mass is 32.2. The standard InChI is InChI=1S/C11H14N2O6S/c1-2-10(11(14)15)12-20(18,19)7-8-3-5-9(6-4-8)13(16)17/h3-6,10,12H,2,7H2,1H3,(H,14,15)/t10-/m0/s1. The molecule has 0 radical (unpaired) electrons. The van der Waals surface area contributed by atoms with E-state index in [4.69, 9.17) is 5.11 Å². The van der Waals surface area contributed by atoms with E-state index in [0.717, 1.165) is 0 Å². The maximum absolute atomic E-state index is 11.8. The van der Waals surface area contributed by atoms with Gasteiger partial charge in [-0.15, -0.1) is 0 Å². The summed E-state index contributed by atoms with van der Waals surface area (Å²) in [6.07, 6.45) is 0.120. The van der Waals surface area contributed by atoms with Crippen LogP contribution in [0.25, 0.3) is 0 Å². The van der Waals surface area contributed by atoms with Crippen LogP contribution in [0.3, 0.4) is 0 Å². The van der Waals surface area contributed by atoms with Crippen molar-refractivity contribution in [3.05, 3.63) is 39.9 Å². The maximum Gasteiger partial charge on any atom is 0.321 e. The first kappa shape index (κ1) is 16.1. The zero-order chi connectivity index (χ0) is 15.3. The minimum Gasteiger partial charge on any atom is -0.480 e. The first-order valence-electron chi connectivity index (χ1n) is 5.71. The number of nitro benzene ring substituents is 1. The summed E-state index contributed by atoms with van der Waals surface area (Å²) in [6, 6.07) is 3.84. The van der Waals surface area contributed by atoms with Gasteiger partial charge in [0.2, 0.25) is 10.0 Å². The van der Waals surface area contributed by atoms with Crippen molar-refractivity contribution in [1.82, 2.24) is 4.72 Å². The van der Waals surface area contributed by atoms with Crippen LogP contribution in [0.1, 0.15) is 18.9 Å². The van der Waals surface area contributed by atoms with Crippen LogP contribution >= 0.6 is 0 Å². The number of hydrogen-bond acceptors (Lipinski definition) is 5. The number of carboxylic acid groups (broad SMARTS) is 1. The van der Waals surface area contributed by atoms with Gasteiger partial charge in [-0.1, -0.05) is 19.1 Å². The van der Waals surface area contributed by atoms with Crippen LogP contribution in [-0.2, 0) is 20.6 Å². The Bertz CT molecular complexity index is 596. The van der Waals surface area contributed by atoms with Crippen LogP contribution in [0.5, 0.6) is 0 Å². The average molecular weight is 302 g/mol. The number of carbonyl (C=O) groups is 1. The monoisotopic (exact) mass is 302 g/mol. The molecule has 0 fully saturated rings. The van der Waals surface area contributed by atoms with Crippen molar-refractivity contribution in [2.45, 2.75) is 25.1 Å². The Morgan fingerprint density at radius 2 is 1.95 bits per heavy atom. The van der Waals surface area contributed by atoms with Crippen LogP contribution < -0.4 is 4.72 Å². The van der Waals surface area contributed by atoms with Gasteiger partial charge < -0.3 is 5.11 Å². The Labute approximate surface area is 115 Å². The highest BCUT2D eigenvalue weighted by Gasteiger charge is 2.22. The van der Waals surface area contributed by atoms with E-state index in [1.807, 2.05) is 0 Å². The SMILES string of the molecule is CC[C@H](NS(=O)(=O)Cc1ccc([N+](=O)[O-])cc1)C(=O)O. The fourth-order valence-electron chi connectivity index (χ4n) is 1.50. The molecule has 0 bridgehead atoms. The number of nitrogens with one attached hydrogen (secondary N) is 1.